The van der Waals surface area contributed by atoms with Crippen LogP contribution in [0.5, 0.6) is 0 Å². The Hall–Kier alpha value is 0.500. The van der Waals surface area contributed by atoms with Gasteiger partial charge in [0.15, 0.2) is 0 Å². The molecule has 0 unspecified atom stereocenters. The van der Waals surface area contributed by atoms with Crippen LogP contribution in [0.4, 0.5) is 0 Å². The number of aliphatic hydroxyl groups excluding tert-OH is 1. The van der Waals surface area contributed by atoms with Gasteiger partial charge in [-0.1, -0.05) is 0 Å². The van der Waals surface area contributed by atoms with Crippen molar-refractivity contribution in [2.75, 3.05) is 6.61 Å². The third-order valence-electron chi connectivity index (χ3n) is 0.0745. The third-order valence-corrected chi connectivity index (χ3v) is 0.0745. The van der Waals surface area contributed by atoms with E-state index >= 15 is 0 Å². The van der Waals surface area contributed by atoms with Crippen LogP contribution in [0, 0.1) is 0 Å². The fraction of sp³-hybridized carbons (Fsp3) is 0.500. The molecule has 0 bridgehead atoms. The molecular weight excluding hydrogens is 175 g/mol. The fourth-order valence-corrected chi connectivity index (χ4v) is 0. The standard InChI is InChI=1S/C2H4O2.Na.H2O4S.H/c3-1-2-4;;1-5(2,3)4;/h1,4H,2H2;;(H2,1,2,3,4);. The summed E-state index contributed by atoms with van der Waals surface area (Å²) in [5, 5.41) is 7.51. The topological polar surface area (TPSA) is 112 Å². The normalized spacial score (nSPS) is 8.30. The summed E-state index contributed by atoms with van der Waals surface area (Å²) in [6.07, 6.45) is 0.431. The van der Waals surface area contributed by atoms with Crippen LogP contribution in [0.15, 0.2) is 0 Å². The Kier molecular flexibility index (Phi) is 16.0. The molecule has 0 rings (SSSR count). The maximum absolute atomic E-state index is 8.92. The van der Waals surface area contributed by atoms with Crippen molar-refractivity contribution in [1.82, 2.24) is 0 Å². The van der Waals surface area contributed by atoms with Gasteiger partial charge in [-0.15, -0.1) is 0 Å². The van der Waals surface area contributed by atoms with Gasteiger partial charge in [0.05, 0.1) is 6.61 Å². The second-order valence-corrected chi connectivity index (χ2v) is 1.69. The van der Waals surface area contributed by atoms with Crippen LogP contribution in [-0.2, 0) is 15.2 Å². The van der Waals surface area contributed by atoms with Crippen molar-refractivity contribution in [3.05, 3.63) is 0 Å². The molecule has 6 nitrogen and oxygen atoms in total. The molecule has 0 saturated carbocycles. The predicted molar refractivity (Wildman–Crippen MR) is 34.5 cm³/mol. The summed E-state index contributed by atoms with van der Waals surface area (Å²) in [5.41, 5.74) is 0. The minimum atomic E-state index is -4.67. The molecule has 0 heterocycles. The number of hydrogen-bond donors (Lipinski definition) is 3. The van der Waals surface area contributed by atoms with E-state index in [2.05, 4.69) is 0 Å². The van der Waals surface area contributed by atoms with Gasteiger partial charge in [0.2, 0.25) is 0 Å². The van der Waals surface area contributed by atoms with Crippen LogP contribution in [0.1, 0.15) is 0 Å². The van der Waals surface area contributed by atoms with E-state index in [1.165, 1.54) is 0 Å². The Morgan fingerprint density at radius 2 is 1.40 bits per heavy atom. The number of hydrogen-bond acceptors (Lipinski definition) is 4. The summed E-state index contributed by atoms with van der Waals surface area (Å²) in [5.74, 6) is 0. The van der Waals surface area contributed by atoms with Crippen LogP contribution in [-0.4, -0.2) is 65.1 Å². The van der Waals surface area contributed by atoms with E-state index in [1.54, 1.807) is 0 Å². The van der Waals surface area contributed by atoms with E-state index in [4.69, 9.17) is 27.4 Å². The first-order chi connectivity index (χ1) is 3.91. The SMILES string of the molecule is O=CCO.O=S(=O)(O)O.[NaH]. The molecular formula is C2H7NaO6S. The van der Waals surface area contributed by atoms with Gasteiger partial charge in [0.25, 0.3) is 0 Å². The second-order valence-electron chi connectivity index (χ2n) is 0.797. The fourth-order valence-electron chi connectivity index (χ4n) is 0. The summed E-state index contributed by atoms with van der Waals surface area (Å²) in [7, 11) is -4.67. The molecule has 0 radical (unpaired) electrons. The number of aliphatic hydroxyl groups is 1. The second kappa shape index (κ2) is 9.50. The van der Waals surface area contributed by atoms with E-state index in [0.29, 0.717) is 6.29 Å². The minimum absolute atomic E-state index is 0. The van der Waals surface area contributed by atoms with Crippen molar-refractivity contribution < 1.29 is 27.4 Å². The monoisotopic (exact) mass is 182 g/mol. The van der Waals surface area contributed by atoms with Crippen molar-refractivity contribution in [1.29, 1.82) is 0 Å². The summed E-state index contributed by atoms with van der Waals surface area (Å²) in [6, 6.07) is 0. The third kappa shape index (κ3) is 212. The molecule has 0 fully saturated rings. The first-order valence-corrected chi connectivity index (χ1v) is 3.06. The van der Waals surface area contributed by atoms with Crippen LogP contribution in [0.3, 0.4) is 0 Å². The molecule has 0 spiro atoms. The van der Waals surface area contributed by atoms with Gasteiger partial charge in [-0.25, -0.2) is 0 Å². The average molecular weight is 182 g/mol. The summed E-state index contributed by atoms with van der Waals surface area (Å²) in [4.78, 5) is 8.92. The molecule has 0 aromatic heterocycles. The molecule has 8 heteroatoms. The van der Waals surface area contributed by atoms with Crippen molar-refractivity contribution in [2.45, 2.75) is 0 Å². The zero-order valence-electron chi connectivity index (χ0n) is 4.26. The van der Waals surface area contributed by atoms with Crippen LogP contribution < -0.4 is 0 Å². The van der Waals surface area contributed by atoms with Crippen molar-refractivity contribution in [3.63, 3.8) is 0 Å². The number of carbonyl (C=O) groups excluding carboxylic acids is 1. The molecule has 0 aliphatic rings. The van der Waals surface area contributed by atoms with E-state index in [-0.39, 0.29) is 36.2 Å². The molecule has 0 aliphatic carbocycles. The zero-order chi connectivity index (χ0) is 7.91. The van der Waals surface area contributed by atoms with Gasteiger partial charge < -0.3 is 9.90 Å². The van der Waals surface area contributed by atoms with E-state index < -0.39 is 10.4 Å². The van der Waals surface area contributed by atoms with Crippen molar-refractivity contribution in [3.8, 4) is 0 Å². The molecule has 3 N–H and O–H groups in total. The Morgan fingerprint density at radius 3 is 1.40 bits per heavy atom. The van der Waals surface area contributed by atoms with Crippen molar-refractivity contribution in [2.24, 2.45) is 0 Å². The molecule has 0 saturated heterocycles. The van der Waals surface area contributed by atoms with Gasteiger partial charge >= 0.3 is 40.0 Å². The first-order valence-electron chi connectivity index (χ1n) is 1.66. The van der Waals surface area contributed by atoms with Crippen LogP contribution >= 0.6 is 0 Å². The molecule has 0 atom stereocenters. The van der Waals surface area contributed by atoms with Gasteiger partial charge in [-0.2, -0.15) is 8.42 Å². The van der Waals surface area contributed by atoms with E-state index in [1.807, 2.05) is 0 Å². The number of rotatable bonds is 1. The Morgan fingerprint density at radius 1 is 1.30 bits per heavy atom. The molecule has 10 heavy (non-hydrogen) atoms. The van der Waals surface area contributed by atoms with E-state index in [0.717, 1.165) is 0 Å². The number of carbonyl (C=O) groups is 1. The van der Waals surface area contributed by atoms with E-state index in [9.17, 15) is 0 Å². The predicted octanol–water partition coefficient (Wildman–Crippen LogP) is -2.12. The van der Waals surface area contributed by atoms with Gasteiger partial charge in [0, 0.05) is 0 Å². The molecule has 0 aliphatic heterocycles. The molecule has 0 amide bonds. The molecule has 0 aromatic rings. The Labute approximate surface area is 80.1 Å². The first kappa shape index (κ1) is 16.8. The van der Waals surface area contributed by atoms with Gasteiger partial charge in [-0.3, -0.25) is 9.11 Å². The average Bonchev–Trinajstić information content (AvgIpc) is 1.61. The van der Waals surface area contributed by atoms with Gasteiger partial charge in [-0.05, 0) is 0 Å². The maximum atomic E-state index is 8.92. The van der Waals surface area contributed by atoms with Gasteiger partial charge in [0.1, 0.15) is 6.29 Å². The number of aldehydes is 1. The Bertz CT molecular complexity index is 141. The van der Waals surface area contributed by atoms with Crippen LogP contribution in [0.25, 0.3) is 0 Å². The zero-order valence-corrected chi connectivity index (χ0v) is 5.08. The Balaban J connectivity index is -0.0000000910. The molecule has 0 aromatic carbocycles. The van der Waals surface area contributed by atoms with Crippen LogP contribution in [0.2, 0.25) is 0 Å². The summed E-state index contributed by atoms with van der Waals surface area (Å²) in [6.45, 7) is -0.361. The molecule has 58 valence electrons. The quantitative estimate of drug-likeness (QED) is 0.243. The summed E-state index contributed by atoms with van der Waals surface area (Å²) < 4.78 is 31.6. The summed E-state index contributed by atoms with van der Waals surface area (Å²) >= 11 is 0. The van der Waals surface area contributed by atoms with Crippen molar-refractivity contribution >= 4 is 46.2 Å².